The molecule has 0 aliphatic heterocycles. The van der Waals surface area contributed by atoms with Crippen LogP contribution in [-0.2, 0) is 0 Å². The van der Waals surface area contributed by atoms with Crippen molar-refractivity contribution in [2.75, 3.05) is 0 Å². The highest BCUT2D eigenvalue weighted by atomic mass is 16.3. The molecule has 0 saturated carbocycles. The van der Waals surface area contributed by atoms with Gasteiger partial charge in [0.05, 0.1) is 11.0 Å². The Balaban J connectivity index is 1.18. The zero-order valence-electron chi connectivity index (χ0n) is 26.7. The number of rotatable bonds is 5. The molecule has 4 heterocycles. The van der Waals surface area contributed by atoms with E-state index in [1.165, 1.54) is 21.8 Å². The van der Waals surface area contributed by atoms with E-state index >= 15 is 0 Å². The lowest BCUT2D eigenvalue weighted by Crippen LogP contribution is -2.01. The van der Waals surface area contributed by atoms with Gasteiger partial charge < -0.3 is 8.98 Å². The van der Waals surface area contributed by atoms with Gasteiger partial charge in [0.2, 0.25) is 0 Å². The van der Waals surface area contributed by atoms with Gasteiger partial charge in [0.1, 0.15) is 11.2 Å². The zero-order valence-corrected chi connectivity index (χ0v) is 26.7. The van der Waals surface area contributed by atoms with Crippen LogP contribution in [0.3, 0.4) is 0 Å². The molecule has 0 aliphatic rings. The molecule has 0 unspecified atom stereocenters. The number of pyridine rings is 1. The SMILES string of the molecule is c1ccc(-c2nc(-c3ccccc3-c3cccc(-n4c5ccccc5c5ccccc54)c3)nc(-c3cccc4oc5ccncc5c34)n2)cc1. The second kappa shape index (κ2) is 11.4. The fourth-order valence-corrected chi connectivity index (χ4v) is 7.13. The fourth-order valence-electron chi connectivity index (χ4n) is 7.13. The molecule has 6 aromatic carbocycles. The predicted octanol–water partition coefficient (Wildman–Crippen LogP) is 10.9. The highest BCUT2D eigenvalue weighted by Gasteiger charge is 2.20. The maximum Gasteiger partial charge on any atom is 0.164 e. The maximum absolute atomic E-state index is 6.20. The van der Waals surface area contributed by atoms with Gasteiger partial charge in [-0.25, -0.2) is 15.0 Å². The fraction of sp³-hybridized carbons (Fsp3) is 0. The van der Waals surface area contributed by atoms with Gasteiger partial charge >= 0.3 is 0 Å². The van der Waals surface area contributed by atoms with E-state index in [9.17, 15) is 0 Å². The van der Waals surface area contributed by atoms with Crippen LogP contribution in [0, 0.1) is 0 Å². The standard InChI is InChI=1S/C44H27N5O/c1-2-12-28(13-3-1)42-46-43(48-44(47-42)35-20-11-23-40-41(35)36-27-45-25-24-39(36)50-40)34-19-5-4-16-31(34)29-14-10-15-30(26-29)49-37-21-8-6-17-32(37)33-18-7-9-22-38(33)49/h1-27H. The smallest absolute Gasteiger partial charge is 0.164 e. The van der Waals surface area contributed by atoms with E-state index < -0.39 is 0 Å². The molecule has 6 heteroatoms. The summed E-state index contributed by atoms with van der Waals surface area (Å²) in [5.74, 6) is 1.76. The van der Waals surface area contributed by atoms with Crippen molar-refractivity contribution in [3.05, 3.63) is 164 Å². The Hall–Kier alpha value is -6.92. The summed E-state index contributed by atoms with van der Waals surface area (Å²) >= 11 is 0. The third-order valence-electron chi connectivity index (χ3n) is 9.37. The molecule has 4 aromatic heterocycles. The normalized spacial score (nSPS) is 11.6. The van der Waals surface area contributed by atoms with Crippen molar-refractivity contribution in [3.63, 3.8) is 0 Å². The number of hydrogen-bond donors (Lipinski definition) is 0. The molecule has 10 aromatic rings. The summed E-state index contributed by atoms with van der Waals surface area (Å²) in [6.45, 7) is 0. The van der Waals surface area contributed by atoms with Crippen LogP contribution in [0.25, 0.3) is 94.7 Å². The Morgan fingerprint density at radius 3 is 1.86 bits per heavy atom. The first-order valence-corrected chi connectivity index (χ1v) is 16.6. The molecule has 0 spiro atoms. The second-order valence-corrected chi connectivity index (χ2v) is 12.3. The number of aromatic nitrogens is 5. The first-order valence-electron chi connectivity index (χ1n) is 16.6. The zero-order chi connectivity index (χ0) is 33.0. The molecule has 0 radical (unpaired) electrons. The molecule has 6 nitrogen and oxygen atoms in total. The number of fused-ring (bicyclic) bond motifs is 6. The molecule has 0 amide bonds. The Kier molecular flexibility index (Phi) is 6.39. The van der Waals surface area contributed by atoms with Crippen LogP contribution in [0.2, 0.25) is 0 Å². The summed E-state index contributed by atoms with van der Waals surface area (Å²) in [4.78, 5) is 19.7. The van der Waals surface area contributed by atoms with E-state index in [0.717, 1.165) is 55.4 Å². The lowest BCUT2D eigenvalue weighted by molar-refractivity contribution is 0.668. The van der Waals surface area contributed by atoms with Crippen molar-refractivity contribution in [1.29, 1.82) is 0 Å². The number of nitrogens with zero attached hydrogens (tertiary/aromatic N) is 5. The van der Waals surface area contributed by atoms with Crippen LogP contribution < -0.4 is 0 Å². The summed E-state index contributed by atoms with van der Waals surface area (Å²) in [5, 5.41) is 4.31. The van der Waals surface area contributed by atoms with Crippen molar-refractivity contribution in [2.24, 2.45) is 0 Å². The summed E-state index contributed by atoms with van der Waals surface area (Å²) in [5.41, 5.74) is 9.75. The van der Waals surface area contributed by atoms with Crippen molar-refractivity contribution in [3.8, 4) is 51.0 Å². The summed E-state index contributed by atoms with van der Waals surface area (Å²) in [6, 6.07) is 52.1. The van der Waals surface area contributed by atoms with Gasteiger partial charge in [-0.15, -0.1) is 0 Å². The van der Waals surface area contributed by atoms with E-state index in [2.05, 4.69) is 101 Å². The first kappa shape index (κ1) is 28.1. The Bertz CT molecular complexity index is 2840. The third-order valence-corrected chi connectivity index (χ3v) is 9.37. The lowest BCUT2D eigenvalue weighted by atomic mass is 9.98. The number of benzene rings is 6. The van der Waals surface area contributed by atoms with Crippen molar-refractivity contribution < 1.29 is 4.42 Å². The topological polar surface area (TPSA) is 69.6 Å². The summed E-state index contributed by atoms with van der Waals surface area (Å²) < 4.78 is 8.55. The molecule has 10 rings (SSSR count). The van der Waals surface area contributed by atoms with Crippen LogP contribution in [0.5, 0.6) is 0 Å². The van der Waals surface area contributed by atoms with Crippen molar-refractivity contribution >= 4 is 43.7 Å². The minimum absolute atomic E-state index is 0.569. The molecular weight excluding hydrogens is 615 g/mol. The molecule has 234 valence electrons. The van der Waals surface area contributed by atoms with E-state index in [1.807, 2.05) is 66.9 Å². The average molecular weight is 642 g/mol. The van der Waals surface area contributed by atoms with Crippen molar-refractivity contribution in [2.45, 2.75) is 0 Å². The molecule has 0 N–H and O–H groups in total. The predicted molar refractivity (Wildman–Crippen MR) is 201 cm³/mol. The summed E-state index contributed by atoms with van der Waals surface area (Å²) in [7, 11) is 0. The van der Waals surface area contributed by atoms with E-state index in [4.69, 9.17) is 19.4 Å². The van der Waals surface area contributed by atoms with E-state index in [0.29, 0.717) is 17.5 Å². The van der Waals surface area contributed by atoms with Crippen LogP contribution in [0.1, 0.15) is 0 Å². The molecule has 0 bridgehead atoms. The largest absolute Gasteiger partial charge is 0.456 e. The van der Waals surface area contributed by atoms with Gasteiger partial charge in [0.15, 0.2) is 17.5 Å². The molecule has 50 heavy (non-hydrogen) atoms. The summed E-state index contributed by atoms with van der Waals surface area (Å²) in [6.07, 6.45) is 3.58. The van der Waals surface area contributed by atoms with Gasteiger partial charge in [-0.1, -0.05) is 115 Å². The van der Waals surface area contributed by atoms with Gasteiger partial charge in [-0.3, -0.25) is 4.98 Å². The van der Waals surface area contributed by atoms with Crippen LogP contribution in [-0.4, -0.2) is 24.5 Å². The van der Waals surface area contributed by atoms with E-state index in [-0.39, 0.29) is 0 Å². The van der Waals surface area contributed by atoms with Crippen LogP contribution >= 0.6 is 0 Å². The average Bonchev–Trinajstić information content (AvgIpc) is 3.74. The lowest BCUT2D eigenvalue weighted by Gasteiger charge is -2.14. The van der Waals surface area contributed by atoms with Gasteiger partial charge in [0, 0.05) is 56.3 Å². The first-order chi connectivity index (χ1) is 24.8. The van der Waals surface area contributed by atoms with Crippen LogP contribution in [0.15, 0.2) is 168 Å². The monoisotopic (exact) mass is 641 g/mol. The quantitative estimate of drug-likeness (QED) is 0.187. The highest BCUT2D eigenvalue weighted by Crippen LogP contribution is 2.38. The van der Waals surface area contributed by atoms with Crippen molar-refractivity contribution in [1.82, 2.24) is 24.5 Å². The Labute approximate surface area is 287 Å². The highest BCUT2D eigenvalue weighted by molar-refractivity contribution is 6.12. The van der Waals surface area contributed by atoms with Gasteiger partial charge in [0.25, 0.3) is 0 Å². The second-order valence-electron chi connectivity index (χ2n) is 12.3. The maximum atomic E-state index is 6.20. The van der Waals surface area contributed by atoms with E-state index in [1.54, 1.807) is 6.20 Å². The molecule has 0 fully saturated rings. The van der Waals surface area contributed by atoms with Crippen LogP contribution in [0.4, 0.5) is 0 Å². The number of furan rings is 1. The number of hydrogen-bond acceptors (Lipinski definition) is 5. The third kappa shape index (κ3) is 4.50. The Morgan fingerprint density at radius 1 is 0.440 bits per heavy atom. The molecule has 0 saturated heterocycles. The number of para-hydroxylation sites is 2. The minimum atomic E-state index is 0.569. The Morgan fingerprint density at radius 2 is 1.06 bits per heavy atom. The molecule has 0 atom stereocenters. The molecular formula is C44H27N5O. The minimum Gasteiger partial charge on any atom is -0.456 e. The van der Waals surface area contributed by atoms with Gasteiger partial charge in [-0.05, 0) is 47.5 Å². The van der Waals surface area contributed by atoms with Gasteiger partial charge in [-0.2, -0.15) is 0 Å². The molecule has 0 aliphatic carbocycles.